The molecule has 0 unspecified atom stereocenters. The predicted octanol–water partition coefficient (Wildman–Crippen LogP) is 1.63. The van der Waals surface area contributed by atoms with Crippen LogP contribution in [0.2, 0.25) is 0 Å². The number of hydrogen-bond donors (Lipinski definition) is 1. The molecule has 1 aromatic heterocycles. The number of aromatic nitrogens is 1. The van der Waals surface area contributed by atoms with Gasteiger partial charge in [-0.15, -0.1) is 11.3 Å². The van der Waals surface area contributed by atoms with Crippen molar-refractivity contribution in [1.29, 1.82) is 0 Å². The van der Waals surface area contributed by atoms with Gasteiger partial charge in [0.15, 0.2) is 0 Å². The highest BCUT2D eigenvalue weighted by atomic mass is 32.1. The van der Waals surface area contributed by atoms with Crippen molar-refractivity contribution >= 4 is 11.3 Å². The third kappa shape index (κ3) is 2.77. The normalized spacial score (nSPS) is 19.2. The molecule has 0 amide bonds. The topological polar surface area (TPSA) is 42.2 Å². The van der Waals surface area contributed by atoms with Gasteiger partial charge in [0.2, 0.25) is 0 Å². The van der Waals surface area contributed by atoms with Crippen LogP contribution in [0.1, 0.15) is 30.0 Å². The van der Waals surface area contributed by atoms with E-state index in [4.69, 9.17) is 5.73 Å². The Morgan fingerprint density at radius 3 is 2.80 bits per heavy atom. The van der Waals surface area contributed by atoms with Crippen molar-refractivity contribution in [2.75, 3.05) is 14.1 Å². The molecule has 0 saturated heterocycles. The molecule has 1 aliphatic rings. The van der Waals surface area contributed by atoms with Crippen molar-refractivity contribution in [2.45, 2.75) is 37.8 Å². The first-order valence-corrected chi connectivity index (χ1v) is 6.32. The van der Waals surface area contributed by atoms with E-state index in [0.29, 0.717) is 0 Å². The fourth-order valence-corrected chi connectivity index (χ4v) is 2.85. The molecule has 0 bridgehead atoms. The third-order valence-corrected chi connectivity index (χ3v) is 3.82. The number of nitrogens with two attached hydrogens (primary N) is 1. The van der Waals surface area contributed by atoms with Crippen molar-refractivity contribution in [3.63, 3.8) is 0 Å². The maximum absolute atomic E-state index is 6.20. The van der Waals surface area contributed by atoms with E-state index in [1.807, 2.05) is 0 Å². The van der Waals surface area contributed by atoms with Crippen molar-refractivity contribution in [3.8, 4) is 0 Å². The Balaban J connectivity index is 1.95. The van der Waals surface area contributed by atoms with E-state index < -0.39 is 0 Å². The van der Waals surface area contributed by atoms with Crippen molar-refractivity contribution in [1.82, 2.24) is 9.88 Å². The summed E-state index contributed by atoms with van der Waals surface area (Å²) in [7, 11) is 4.13. The number of hydrogen-bond acceptors (Lipinski definition) is 4. The second-order valence-electron chi connectivity index (χ2n) is 4.86. The summed E-state index contributed by atoms with van der Waals surface area (Å²) in [4.78, 5) is 6.76. The molecule has 0 aromatic carbocycles. The molecular weight excluding hydrogens is 206 g/mol. The zero-order chi connectivity index (χ0) is 10.9. The molecule has 15 heavy (non-hydrogen) atoms. The smallest absolute Gasteiger partial charge is 0.107 e. The molecular formula is C11H19N3S. The van der Waals surface area contributed by atoms with Crippen LogP contribution in [0.25, 0.3) is 0 Å². The van der Waals surface area contributed by atoms with Gasteiger partial charge in [-0.1, -0.05) is 0 Å². The molecule has 0 atom stereocenters. The maximum atomic E-state index is 6.20. The first-order chi connectivity index (χ1) is 7.07. The van der Waals surface area contributed by atoms with E-state index >= 15 is 0 Å². The van der Waals surface area contributed by atoms with Crippen LogP contribution in [-0.2, 0) is 13.0 Å². The zero-order valence-corrected chi connectivity index (χ0v) is 10.3. The molecule has 3 nitrogen and oxygen atoms in total. The first-order valence-electron chi connectivity index (χ1n) is 5.44. The van der Waals surface area contributed by atoms with Crippen molar-refractivity contribution in [2.24, 2.45) is 5.73 Å². The van der Waals surface area contributed by atoms with Crippen LogP contribution < -0.4 is 5.73 Å². The average molecular weight is 225 g/mol. The standard InChI is InChI=1S/C11H19N3S/c1-14(2)7-10-13-9(8-15-10)6-11(12)4-3-5-11/h8H,3-7,12H2,1-2H3. The van der Waals surface area contributed by atoms with Gasteiger partial charge in [0.05, 0.1) is 5.69 Å². The van der Waals surface area contributed by atoms with E-state index in [0.717, 1.165) is 25.8 Å². The van der Waals surface area contributed by atoms with Gasteiger partial charge in [-0.2, -0.15) is 0 Å². The van der Waals surface area contributed by atoms with Gasteiger partial charge in [-0.3, -0.25) is 0 Å². The lowest BCUT2D eigenvalue weighted by Crippen LogP contribution is -2.48. The summed E-state index contributed by atoms with van der Waals surface area (Å²) in [5.74, 6) is 0. The van der Waals surface area contributed by atoms with Gasteiger partial charge in [-0.05, 0) is 33.4 Å². The molecule has 0 radical (unpaired) electrons. The van der Waals surface area contributed by atoms with Crippen LogP contribution >= 0.6 is 11.3 Å². The zero-order valence-electron chi connectivity index (χ0n) is 9.49. The molecule has 1 saturated carbocycles. The fourth-order valence-electron chi connectivity index (χ4n) is 1.94. The number of nitrogens with zero attached hydrogens (tertiary/aromatic N) is 2. The van der Waals surface area contributed by atoms with Gasteiger partial charge in [-0.25, -0.2) is 4.98 Å². The number of thiazole rings is 1. The lowest BCUT2D eigenvalue weighted by Gasteiger charge is -2.37. The Morgan fingerprint density at radius 1 is 1.53 bits per heavy atom. The second-order valence-corrected chi connectivity index (χ2v) is 5.81. The molecule has 2 N–H and O–H groups in total. The van der Waals surface area contributed by atoms with E-state index in [-0.39, 0.29) is 5.54 Å². The highest BCUT2D eigenvalue weighted by molar-refractivity contribution is 7.09. The van der Waals surface area contributed by atoms with Gasteiger partial charge >= 0.3 is 0 Å². The molecule has 1 fully saturated rings. The van der Waals surface area contributed by atoms with E-state index in [1.165, 1.54) is 17.1 Å². The molecule has 4 heteroatoms. The van der Waals surface area contributed by atoms with E-state index in [2.05, 4.69) is 29.4 Å². The SMILES string of the molecule is CN(C)Cc1nc(CC2(N)CCC2)cs1. The molecule has 0 spiro atoms. The van der Waals surface area contributed by atoms with Crippen LogP contribution in [0, 0.1) is 0 Å². The minimum atomic E-state index is 0.0590. The second kappa shape index (κ2) is 4.20. The van der Waals surface area contributed by atoms with Crippen LogP contribution in [-0.4, -0.2) is 29.5 Å². The molecule has 0 aliphatic heterocycles. The van der Waals surface area contributed by atoms with E-state index in [1.54, 1.807) is 11.3 Å². The fraction of sp³-hybridized carbons (Fsp3) is 0.727. The molecule has 84 valence electrons. The third-order valence-electron chi connectivity index (χ3n) is 2.93. The summed E-state index contributed by atoms with van der Waals surface area (Å²) in [5.41, 5.74) is 7.44. The molecule has 1 heterocycles. The summed E-state index contributed by atoms with van der Waals surface area (Å²) >= 11 is 1.74. The average Bonchev–Trinajstić information content (AvgIpc) is 2.48. The quantitative estimate of drug-likeness (QED) is 0.847. The maximum Gasteiger partial charge on any atom is 0.107 e. The van der Waals surface area contributed by atoms with Crippen LogP contribution in [0.5, 0.6) is 0 Å². The summed E-state index contributed by atoms with van der Waals surface area (Å²) in [6, 6.07) is 0. The Bertz CT molecular complexity index is 328. The monoisotopic (exact) mass is 225 g/mol. The van der Waals surface area contributed by atoms with Gasteiger partial charge in [0.25, 0.3) is 0 Å². The Kier molecular flexibility index (Phi) is 3.09. The minimum Gasteiger partial charge on any atom is -0.325 e. The summed E-state index contributed by atoms with van der Waals surface area (Å²) < 4.78 is 0. The Labute approximate surface area is 95.3 Å². The lowest BCUT2D eigenvalue weighted by molar-refractivity contribution is 0.245. The summed E-state index contributed by atoms with van der Waals surface area (Å²) in [5, 5.41) is 3.35. The van der Waals surface area contributed by atoms with Crippen LogP contribution in [0.4, 0.5) is 0 Å². The molecule has 2 rings (SSSR count). The Hall–Kier alpha value is -0.450. The Morgan fingerprint density at radius 2 is 2.27 bits per heavy atom. The molecule has 1 aliphatic carbocycles. The van der Waals surface area contributed by atoms with Gasteiger partial charge in [0.1, 0.15) is 5.01 Å². The summed E-state index contributed by atoms with van der Waals surface area (Å²) in [6.45, 7) is 0.933. The van der Waals surface area contributed by atoms with Crippen LogP contribution in [0.15, 0.2) is 5.38 Å². The minimum absolute atomic E-state index is 0.0590. The predicted molar refractivity (Wildman–Crippen MR) is 64.0 cm³/mol. The molecule has 1 aromatic rings. The summed E-state index contributed by atoms with van der Waals surface area (Å²) in [6.07, 6.45) is 4.56. The lowest BCUT2D eigenvalue weighted by atomic mass is 9.75. The highest BCUT2D eigenvalue weighted by Gasteiger charge is 2.33. The highest BCUT2D eigenvalue weighted by Crippen LogP contribution is 2.32. The van der Waals surface area contributed by atoms with Gasteiger partial charge < -0.3 is 10.6 Å². The largest absolute Gasteiger partial charge is 0.325 e. The van der Waals surface area contributed by atoms with Gasteiger partial charge in [0, 0.05) is 23.9 Å². The van der Waals surface area contributed by atoms with Crippen LogP contribution in [0.3, 0.4) is 0 Å². The number of rotatable bonds is 4. The van der Waals surface area contributed by atoms with Crippen molar-refractivity contribution < 1.29 is 0 Å². The van der Waals surface area contributed by atoms with Crippen molar-refractivity contribution in [3.05, 3.63) is 16.1 Å². The first kappa shape index (κ1) is 11.0. The van der Waals surface area contributed by atoms with E-state index in [9.17, 15) is 0 Å².